The van der Waals surface area contributed by atoms with Gasteiger partial charge in [-0.1, -0.05) is 13.8 Å². The molecule has 0 aromatic heterocycles. The first kappa shape index (κ1) is 21.6. The Kier molecular flexibility index (Phi) is 8.20. The second kappa shape index (κ2) is 9.88. The predicted molar refractivity (Wildman–Crippen MR) is 93.9 cm³/mol. The first-order chi connectivity index (χ1) is 12.3. The number of rotatable bonds is 9. The topological polar surface area (TPSA) is 122 Å². The average Bonchev–Trinajstić information content (AvgIpc) is 2.64. The molecule has 0 aliphatic rings. The second-order valence-corrected chi connectivity index (χ2v) is 7.08. The number of benzene rings is 1. The molecule has 0 heterocycles. The van der Waals surface area contributed by atoms with Gasteiger partial charge in [0.1, 0.15) is 0 Å². The van der Waals surface area contributed by atoms with Crippen LogP contribution < -0.4 is 10.6 Å². The van der Waals surface area contributed by atoms with Crippen LogP contribution in [0.3, 0.4) is 0 Å². The molecule has 0 unspecified atom stereocenters. The van der Waals surface area contributed by atoms with Crippen LogP contribution in [-0.4, -0.2) is 63.8 Å². The number of hydrogen-bond donors (Lipinski definition) is 2. The van der Waals surface area contributed by atoms with E-state index in [2.05, 4.69) is 10.6 Å². The maximum absolute atomic E-state index is 12.4. The zero-order valence-electron chi connectivity index (χ0n) is 14.9. The standard InChI is InChI=1S/C16H23N3O6S/c1-4-19(5-2)26(23,24)13-8-6-12(7-9-13)16(22)25-11-15(21)18-10-14(20)17-3/h6-9H,4-5,10-11H2,1-3H3,(H,17,20)(H,18,21). The number of hydrogen-bond acceptors (Lipinski definition) is 6. The first-order valence-electron chi connectivity index (χ1n) is 8.00. The number of sulfonamides is 1. The highest BCUT2D eigenvalue weighted by Crippen LogP contribution is 2.16. The maximum atomic E-state index is 12.4. The zero-order valence-corrected chi connectivity index (χ0v) is 15.8. The summed E-state index contributed by atoms with van der Waals surface area (Å²) in [6, 6.07) is 5.27. The van der Waals surface area contributed by atoms with Crippen LogP contribution in [0, 0.1) is 0 Å². The summed E-state index contributed by atoms with van der Waals surface area (Å²) in [7, 11) is -2.18. The van der Waals surface area contributed by atoms with Gasteiger partial charge >= 0.3 is 5.97 Å². The second-order valence-electron chi connectivity index (χ2n) is 5.14. The van der Waals surface area contributed by atoms with Crippen molar-refractivity contribution < 1.29 is 27.5 Å². The smallest absolute Gasteiger partial charge is 0.338 e. The Bertz CT molecular complexity index is 742. The van der Waals surface area contributed by atoms with Crippen molar-refractivity contribution in [2.45, 2.75) is 18.7 Å². The van der Waals surface area contributed by atoms with Gasteiger partial charge in [-0.05, 0) is 24.3 Å². The summed E-state index contributed by atoms with van der Waals surface area (Å²) in [6.07, 6.45) is 0. The molecule has 0 spiro atoms. The summed E-state index contributed by atoms with van der Waals surface area (Å²) in [5.74, 6) is -1.77. The number of amides is 2. The molecule has 1 aromatic rings. The van der Waals surface area contributed by atoms with Crippen molar-refractivity contribution in [2.24, 2.45) is 0 Å². The number of esters is 1. The van der Waals surface area contributed by atoms with E-state index >= 15 is 0 Å². The van der Waals surface area contributed by atoms with E-state index in [1.807, 2.05) is 0 Å². The van der Waals surface area contributed by atoms with Gasteiger partial charge in [0.2, 0.25) is 15.9 Å². The average molecular weight is 385 g/mol. The summed E-state index contributed by atoms with van der Waals surface area (Å²) >= 11 is 0. The van der Waals surface area contributed by atoms with E-state index in [0.717, 1.165) is 0 Å². The number of carbonyl (C=O) groups excluding carboxylic acids is 3. The molecule has 26 heavy (non-hydrogen) atoms. The van der Waals surface area contributed by atoms with E-state index in [1.54, 1.807) is 13.8 Å². The van der Waals surface area contributed by atoms with Crippen LogP contribution >= 0.6 is 0 Å². The third kappa shape index (κ3) is 5.81. The molecule has 0 saturated heterocycles. The van der Waals surface area contributed by atoms with Crippen LogP contribution in [0.25, 0.3) is 0 Å². The quantitative estimate of drug-likeness (QED) is 0.565. The van der Waals surface area contributed by atoms with Crippen molar-refractivity contribution in [1.82, 2.24) is 14.9 Å². The van der Waals surface area contributed by atoms with E-state index in [1.165, 1.54) is 35.6 Å². The van der Waals surface area contributed by atoms with E-state index in [9.17, 15) is 22.8 Å². The molecular weight excluding hydrogens is 362 g/mol. The Labute approximate surface area is 152 Å². The summed E-state index contributed by atoms with van der Waals surface area (Å²) in [5.41, 5.74) is 0.114. The molecule has 1 aromatic carbocycles. The number of carbonyl (C=O) groups is 3. The number of ether oxygens (including phenoxy) is 1. The summed E-state index contributed by atoms with van der Waals surface area (Å²) < 4.78 is 30.9. The fourth-order valence-corrected chi connectivity index (χ4v) is 3.47. The molecule has 2 N–H and O–H groups in total. The fourth-order valence-electron chi connectivity index (χ4n) is 2.01. The lowest BCUT2D eigenvalue weighted by Gasteiger charge is -2.18. The molecule has 0 fully saturated rings. The third-order valence-electron chi connectivity index (χ3n) is 3.49. The predicted octanol–water partition coefficient (Wildman–Crippen LogP) is -0.264. The minimum Gasteiger partial charge on any atom is -0.452 e. The highest BCUT2D eigenvalue weighted by atomic mass is 32.2. The molecule has 10 heteroatoms. The minimum absolute atomic E-state index is 0.0704. The van der Waals surface area contributed by atoms with Crippen LogP contribution in [0.15, 0.2) is 29.2 Å². The number of nitrogens with zero attached hydrogens (tertiary/aromatic N) is 1. The SMILES string of the molecule is CCN(CC)S(=O)(=O)c1ccc(C(=O)OCC(=O)NCC(=O)NC)cc1. The van der Waals surface area contributed by atoms with E-state index in [0.29, 0.717) is 13.1 Å². The molecular formula is C16H23N3O6S. The molecule has 0 aliphatic heterocycles. The number of nitrogens with one attached hydrogen (secondary N) is 2. The van der Waals surface area contributed by atoms with Gasteiger partial charge in [-0.3, -0.25) is 9.59 Å². The summed E-state index contributed by atoms with van der Waals surface area (Å²) in [5, 5.41) is 4.61. The highest BCUT2D eigenvalue weighted by Gasteiger charge is 2.22. The normalized spacial score (nSPS) is 11.1. The maximum Gasteiger partial charge on any atom is 0.338 e. The van der Waals surface area contributed by atoms with Crippen LogP contribution in [0.5, 0.6) is 0 Å². The van der Waals surface area contributed by atoms with E-state index < -0.39 is 28.5 Å². The lowest BCUT2D eigenvalue weighted by atomic mass is 10.2. The van der Waals surface area contributed by atoms with Crippen molar-refractivity contribution in [3.63, 3.8) is 0 Å². The lowest BCUT2D eigenvalue weighted by molar-refractivity contribution is -0.127. The Morgan fingerprint density at radius 2 is 1.62 bits per heavy atom. The molecule has 0 radical (unpaired) electrons. The molecule has 144 valence electrons. The Morgan fingerprint density at radius 1 is 1.04 bits per heavy atom. The van der Waals surface area contributed by atoms with Gasteiger partial charge in [0.15, 0.2) is 6.61 Å². The fraction of sp³-hybridized carbons (Fsp3) is 0.438. The van der Waals surface area contributed by atoms with E-state index in [4.69, 9.17) is 4.74 Å². The molecule has 0 aliphatic carbocycles. The zero-order chi connectivity index (χ0) is 19.7. The Balaban J connectivity index is 2.67. The van der Waals surface area contributed by atoms with Crippen LogP contribution in [0.1, 0.15) is 24.2 Å². The number of likely N-dealkylation sites (N-methyl/N-ethyl adjacent to an activating group) is 1. The molecule has 0 bridgehead atoms. The van der Waals surface area contributed by atoms with Crippen LogP contribution in [-0.2, 0) is 24.3 Å². The molecule has 2 amide bonds. The largest absolute Gasteiger partial charge is 0.452 e. The highest BCUT2D eigenvalue weighted by molar-refractivity contribution is 7.89. The van der Waals surface area contributed by atoms with Gasteiger partial charge in [-0.15, -0.1) is 0 Å². The molecule has 9 nitrogen and oxygen atoms in total. The van der Waals surface area contributed by atoms with Crippen LogP contribution in [0.2, 0.25) is 0 Å². The lowest BCUT2D eigenvalue weighted by Crippen LogP contribution is -2.37. The van der Waals surface area contributed by atoms with Gasteiger partial charge < -0.3 is 15.4 Å². The van der Waals surface area contributed by atoms with Gasteiger partial charge in [-0.2, -0.15) is 4.31 Å². The molecule has 0 atom stereocenters. The van der Waals surface area contributed by atoms with E-state index in [-0.39, 0.29) is 22.9 Å². The first-order valence-corrected chi connectivity index (χ1v) is 9.44. The van der Waals surface area contributed by atoms with Crippen LogP contribution in [0.4, 0.5) is 0 Å². The van der Waals surface area contributed by atoms with Crippen molar-refractivity contribution >= 4 is 27.8 Å². The van der Waals surface area contributed by atoms with Crippen molar-refractivity contribution in [1.29, 1.82) is 0 Å². The van der Waals surface area contributed by atoms with Crippen molar-refractivity contribution in [3.05, 3.63) is 29.8 Å². The van der Waals surface area contributed by atoms with Gasteiger partial charge in [0.05, 0.1) is 17.0 Å². The third-order valence-corrected chi connectivity index (χ3v) is 5.56. The summed E-state index contributed by atoms with van der Waals surface area (Å²) in [6.45, 7) is 3.39. The van der Waals surface area contributed by atoms with Gasteiger partial charge in [0, 0.05) is 20.1 Å². The Hall–Kier alpha value is -2.46. The van der Waals surface area contributed by atoms with Gasteiger partial charge in [-0.25, -0.2) is 13.2 Å². The van der Waals surface area contributed by atoms with Crippen molar-refractivity contribution in [2.75, 3.05) is 33.3 Å². The Morgan fingerprint density at radius 3 is 2.12 bits per heavy atom. The molecule has 0 saturated carbocycles. The van der Waals surface area contributed by atoms with Gasteiger partial charge in [0.25, 0.3) is 5.91 Å². The van der Waals surface area contributed by atoms with Crippen molar-refractivity contribution in [3.8, 4) is 0 Å². The molecule has 1 rings (SSSR count). The minimum atomic E-state index is -3.61. The summed E-state index contributed by atoms with van der Waals surface area (Å²) in [4.78, 5) is 34.4. The monoisotopic (exact) mass is 385 g/mol.